The number of para-hydroxylation sites is 1. The second kappa shape index (κ2) is 5.57. The third-order valence-corrected chi connectivity index (χ3v) is 4.22. The van der Waals surface area contributed by atoms with Gasteiger partial charge in [-0.25, -0.2) is 9.97 Å². The average molecular weight is 353 g/mol. The van der Waals surface area contributed by atoms with Gasteiger partial charge in [0.1, 0.15) is 5.75 Å². The third kappa shape index (κ3) is 2.50. The Morgan fingerprint density at radius 2 is 1.88 bits per heavy atom. The van der Waals surface area contributed by atoms with Crippen LogP contribution in [0.1, 0.15) is 5.56 Å². The van der Waals surface area contributed by atoms with Crippen molar-refractivity contribution in [1.82, 2.24) is 9.97 Å². The Bertz CT molecular complexity index is 809. The van der Waals surface area contributed by atoms with Crippen molar-refractivity contribution in [2.24, 2.45) is 0 Å². The molecule has 1 atom stereocenters. The van der Waals surface area contributed by atoms with Crippen LogP contribution in [0, 0.1) is 0 Å². The lowest BCUT2D eigenvalue weighted by molar-refractivity contribution is -0.345. The number of ether oxygens (including phenoxy) is 2. The van der Waals surface area contributed by atoms with Crippen molar-refractivity contribution in [2.75, 3.05) is 31.2 Å². The Labute approximate surface area is 140 Å². The van der Waals surface area contributed by atoms with E-state index in [2.05, 4.69) is 9.97 Å². The first-order valence-electron chi connectivity index (χ1n) is 7.68. The van der Waals surface area contributed by atoms with Gasteiger partial charge < -0.3 is 19.5 Å². The summed E-state index contributed by atoms with van der Waals surface area (Å²) in [5.74, 6) is -3.27. The first kappa shape index (κ1) is 16.1. The maximum absolute atomic E-state index is 13.5. The summed E-state index contributed by atoms with van der Waals surface area (Å²) in [5.41, 5.74) is -0.128. The van der Waals surface area contributed by atoms with E-state index in [0.717, 1.165) is 6.20 Å². The number of fused-ring (bicyclic) bond motifs is 3. The van der Waals surface area contributed by atoms with E-state index in [1.165, 1.54) is 12.1 Å². The van der Waals surface area contributed by atoms with Gasteiger partial charge in [-0.1, -0.05) is 12.1 Å². The van der Waals surface area contributed by atoms with E-state index >= 15 is 0 Å². The molecule has 4 rings (SSSR count). The molecule has 2 aromatic rings. The van der Waals surface area contributed by atoms with Crippen LogP contribution in [0.2, 0.25) is 0 Å². The number of hydrogen-bond acceptors (Lipinski definition) is 6. The molecule has 9 heteroatoms. The van der Waals surface area contributed by atoms with Crippen molar-refractivity contribution in [3.8, 4) is 17.0 Å². The zero-order chi connectivity index (χ0) is 17.7. The number of aliphatic hydroxyl groups is 1. The van der Waals surface area contributed by atoms with E-state index in [9.17, 15) is 18.3 Å². The number of alkyl halides is 3. The zero-order valence-electron chi connectivity index (χ0n) is 13.0. The molecule has 0 aliphatic carbocycles. The summed E-state index contributed by atoms with van der Waals surface area (Å²) in [7, 11) is 0. The molecule has 1 aromatic carbocycles. The number of hydrogen-bond donors (Lipinski definition) is 1. The average Bonchev–Trinajstić information content (AvgIpc) is 2.61. The predicted molar refractivity (Wildman–Crippen MR) is 81.1 cm³/mol. The number of nitrogens with zero attached hydrogens (tertiary/aromatic N) is 3. The van der Waals surface area contributed by atoms with Gasteiger partial charge in [-0.05, 0) is 12.1 Å². The molecule has 1 N–H and O–H groups in total. The summed E-state index contributed by atoms with van der Waals surface area (Å²) < 4.78 is 50.7. The highest BCUT2D eigenvalue weighted by Gasteiger charge is 2.61. The van der Waals surface area contributed by atoms with Crippen LogP contribution in [0.3, 0.4) is 0 Å². The molecular formula is C16H14F3N3O3. The second-order valence-electron chi connectivity index (χ2n) is 5.77. The van der Waals surface area contributed by atoms with Gasteiger partial charge in [0.2, 0.25) is 5.95 Å². The summed E-state index contributed by atoms with van der Waals surface area (Å²) in [4.78, 5) is 10.2. The maximum atomic E-state index is 13.5. The van der Waals surface area contributed by atoms with Gasteiger partial charge in [0.25, 0.3) is 0 Å². The van der Waals surface area contributed by atoms with Crippen molar-refractivity contribution in [3.63, 3.8) is 0 Å². The predicted octanol–water partition coefficient (Wildman–Crippen LogP) is 2.08. The minimum absolute atomic E-state index is 0.0122. The number of halogens is 3. The minimum Gasteiger partial charge on any atom is -0.449 e. The number of benzene rings is 1. The number of aromatic nitrogens is 2. The lowest BCUT2D eigenvalue weighted by atomic mass is 9.96. The molecule has 2 aliphatic heterocycles. The summed E-state index contributed by atoms with van der Waals surface area (Å²) in [6.07, 6.45) is -4.06. The third-order valence-electron chi connectivity index (χ3n) is 4.22. The molecule has 6 nitrogen and oxygen atoms in total. The summed E-state index contributed by atoms with van der Waals surface area (Å²) in [6.45, 7) is 2.07. The fraction of sp³-hybridized carbons (Fsp3) is 0.375. The number of morpholine rings is 1. The van der Waals surface area contributed by atoms with Gasteiger partial charge in [0, 0.05) is 24.8 Å². The SMILES string of the molecule is OC1(C(F)(F)F)Oc2ccccc2-c2nc(N3CCOCC3)ncc21. The van der Waals surface area contributed by atoms with E-state index in [1.807, 2.05) is 4.90 Å². The van der Waals surface area contributed by atoms with Crippen LogP contribution in [0.5, 0.6) is 5.75 Å². The highest BCUT2D eigenvalue weighted by molar-refractivity contribution is 5.73. The van der Waals surface area contributed by atoms with Crippen LogP contribution < -0.4 is 9.64 Å². The van der Waals surface area contributed by atoms with Crippen LogP contribution in [0.25, 0.3) is 11.3 Å². The van der Waals surface area contributed by atoms with Gasteiger partial charge >= 0.3 is 12.0 Å². The van der Waals surface area contributed by atoms with Crippen LogP contribution in [-0.2, 0) is 10.5 Å². The molecule has 1 unspecified atom stereocenters. The highest BCUT2D eigenvalue weighted by Crippen LogP contribution is 2.49. The highest BCUT2D eigenvalue weighted by atomic mass is 19.4. The van der Waals surface area contributed by atoms with Crippen molar-refractivity contribution >= 4 is 5.95 Å². The molecule has 25 heavy (non-hydrogen) atoms. The molecule has 0 amide bonds. The minimum atomic E-state index is -5.04. The molecule has 1 aromatic heterocycles. The van der Waals surface area contributed by atoms with Crippen LogP contribution in [0.15, 0.2) is 30.5 Å². The van der Waals surface area contributed by atoms with Crippen molar-refractivity contribution in [2.45, 2.75) is 12.0 Å². The van der Waals surface area contributed by atoms with Gasteiger partial charge in [-0.2, -0.15) is 13.2 Å². The maximum Gasteiger partial charge on any atom is 0.460 e. The van der Waals surface area contributed by atoms with E-state index < -0.39 is 17.5 Å². The lowest BCUT2D eigenvalue weighted by Crippen LogP contribution is -2.49. The second-order valence-corrected chi connectivity index (χ2v) is 5.77. The summed E-state index contributed by atoms with van der Waals surface area (Å²) in [6, 6.07) is 6.16. The summed E-state index contributed by atoms with van der Waals surface area (Å²) >= 11 is 0. The first-order chi connectivity index (χ1) is 11.9. The molecule has 1 saturated heterocycles. The molecule has 1 fully saturated rings. The fourth-order valence-corrected chi connectivity index (χ4v) is 2.92. The molecule has 0 spiro atoms. The quantitative estimate of drug-likeness (QED) is 0.847. The summed E-state index contributed by atoms with van der Waals surface area (Å²) in [5, 5.41) is 10.2. The molecule has 3 heterocycles. The van der Waals surface area contributed by atoms with E-state index in [-0.39, 0.29) is 11.4 Å². The molecule has 0 saturated carbocycles. The normalized spacial score (nSPS) is 22.8. The molecule has 132 valence electrons. The largest absolute Gasteiger partial charge is 0.460 e. The Hall–Kier alpha value is -2.39. The number of anilines is 1. The van der Waals surface area contributed by atoms with E-state index in [1.54, 1.807) is 12.1 Å². The monoisotopic (exact) mass is 353 g/mol. The smallest absolute Gasteiger partial charge is 0.449 e. The van der Waals surface area contributed by atoms with E-state index in [0.29, 0.717) is 37.8 Å². The van der Waals surface area contributed by atoms with Crippen LogP contribution >= 0.6 is 0 Å². The van der Waals surface area contributed by atoms with Gasteiger partial charge in [0.15, 0.2) is 0 Å². The standard InChI is InChI=1S/C16H14F3N3O3/c17-16(18,19)15(23)11-9-20-14(22-5-7-24-8-6-22)21-13(11)10-3-1-2-4-12(10)25-15/h1-4,9,23H,5-8H2. The number of rotatable bonds is 1. The first-order valence-corrected chi connectivity index (χ1v) is 7.68. The Balaban J connectivity index is 1.88. The topological polar surface area (TPSA) is 67.7 Å². The van der Waals surface area contributed by atoms with E-state index in [4.69, 9.17) is 9.47 Å². The van der Waals surface area contributed by atoms with Gasteiger partial charge in [-0.3, -0.25) is 0 Å². The fourth-order valence-electron chi connectivity index (χ4n) is 2.92. The zero-order valence-corrected chi connectivity index (χ0v) is 13.0. The van der Waals surface area contributed by atoms with Crippen molar-refractivity contribution < 1.29 is 27.8 Å². The van der Waals surface area contributed by atoms with Crippen molar-refractivity contribution in [3.05, 3.63) is 36.0 Å². The molecule has 0 radical (unpaired) electrons. The van der Waals surface area contributed by atoms with Crippen LogP contribution in [0.4, 0.5) is 19.1 Å². The molecule has 0 bridgehead atoms. The van der Waals surface area contributed by atoms with Crippen molar-refractivity contribution in [1.29, 1.82) is 0 Å². The van der Waals surface area contributed by atoms with Crippen LogP contribution in [-0.4, -0.2) is 47.6 Å². The Kier molecular flexibility index (Phi) is 3.58. The Morgan fingerprint density at radius 1 is 1.16 bits per heavy atom. The molecular weight excluding hydrogens is 339 g/mol. The van der Waals surface area contributed by atoms with Gasteiger partial charge in [0.05, 0.1) is 24.5 Å². The lowest BCUT2D eigenvalue weighted by Gasteiger charge is -2.36. The molecule has 2 aliphatic rings. The Morgan fingerprint density at radius 3 is 2.60 bits per heavy atom. The van der Waals surface area contributed by atoms with Gasteiger partial charge in [-0.15, -0.1) is 0 Å².